The van der Waals surface area contributed by atoms with Crippen LogP contribution in [0.3, 0.4) is 0 Å². The number of aromatic nitrogens is 1. The fourth-order valence-corrected chi connectivity index (χ4v) is 3.25. The third kappa shape index (κ3) is 8.14. The van der Waals surface area contributed by atoms with Crippen LogP contribution >= 0.6 is 0 Å². The van der Waals surface area contributed by atoms with E-state index in [1.54, 1.807) is 4.57 Å². The Balaban J connectivity index is 1.69. The first-order chi connectivity index (χ1) is 14.8. The van der Waals surface area contributed by atoms with Crippen LogP contribution < -0.4 is 21.7 Å². The van der Waals surface area contributed by atoms with Crippen molar-refractivity contribution in [3.63, 3.8) is 0 Å². The molecule has 0 saturated heterocycles. The summed E-state index contributed by atoms with van der Waals surface area (Å²) in [6.45, 7) is 7.37. The zero-order valence-corrected chi connectivity index (χ0v) is 18.2. The summed E-state index contributed by atoms with van der Waals surface area (Å²) >= 11 is 0. The Morgan fingerprint density at radius 1 is 0.967 bits per heavy atom. The first-order valence-corrected chi connectivity index (χ1v) is 11.1. The fourth-order valence-electron chi connectivity index (χ4n) is 3.25. The highest BCUT2D eigenvalue weighted by molar-refractivity contribution is 5.96. The number of allylic oxidation sites excluding steroid dienone is 3. The summed E-state index contributed by atoms with van der Waals surface area (Å²) in [6, 6.07) is 7.91. The number of para-hydroxylation sites is 1. The number of nitrogens with zero attached hydrogens (tertiary/aromatic N) is 1. The monoisotopic (exact) mass is 411 g/mol. The molecule has 0 bridgehead atoms. The molecule has 0 aliphatic rings. The maximum absolute atomic E-state index is 12.7. The van der Waals surface area contributed by atoms with E-state index in [4.69, 9.17) is 5.73 Å². The number of hydrogen-bond acceptors (Lipinski definition) is 4. The summed E-state index contributed by atoms with van der Waals surface area (Å²) in [7, 11) is 0. The molecule has 2 rings (SSSR count). The van der Waals surface area contributed by atoms with Crippen molar-refractivity contribution in [3.8, 4) is 0 Å². The van der Waals surface area contributed by atoms with Crippen molar-refractivity contribution in [2.24, 2.45) is 5.73 Å². The lowest BCUT2D eigenvalue weighted by Gasteiger charge is -2.08. The molecule has 1 amide bonds. The summed E-state index contributed by atoms with van der Waals surface area (Å²) in [5.41, 5.74) is 7.43. The number of rotatable bonds is 14. The van der Waals surface area contributed by atoms with Crippen molar-refractivity contribution in [1.82, 2.24) is 20.5 Å². The second kappa shape index (κ2) is 14.6. The van der Waals surface area contributed by atoms with Crippen LogP contribution in [0, 0.1) is 0 Å². The van der Waals surface area contributed by atoms with Crippen molar-refractivity contribution in [3.05, 3.63) is 54.3 Å². The van der Waals surface area contributed by atoms with E-state index in [9.17, 15) is 4.79 Å². The molecule has 0 atom stereocenters. The molecule has 0 spiro atoms. The van der Waals surface area contributed by atoms with E-state index in [1.807, 2.05) is 61.7 Å². The molecular weight excluding hydrogens is 374 g/mol. The minimum atomic E-state index is -0.0829. The number of amides is 1. The van der Waals surface area contributed by atoms with E-state index < -0.39 is 0 Å². The van der Waals surface area contributed by atoms with E-state index in [2.05, 4.69) is 16.0 Å². The van der Waals surface area contributed by atoms with Crippen LogP contribution in [-0.4, -0.2) is 49.9 Å². The molecule has 6 nitrogen and oxygen atoms in total. The van der Waals surface area contributed by atoms with Gasteiger partial charge in [-0.1, -0.05) is 42.5 Å². The van der Waals surface area contributed by atoms with E-state index >= 15 is 0 Å². The first kappa shape index (κ1) is 23.9. The smallest absolute Gasteiger partial charge is 0.326 e. The average molecular weight is 412 g/mol. The second-order valence-corrected chi connectivity index (χ2v) is 7.29. The van der Waals surface area contributed by atoms with Crippen LogP contribution in [0.15, 0.2) is 48.7 Å². The number of benzene rings is 1. The molecule has 1 aromatic heterocycles. The first-order valence-electron chi connectivity index (χ1n) is 11.1. The Morgan fingerprint density at radius 2 is 1.67 bits per heavy atom. The summed E-state index contributed by atoms with van der Waals surface area (Å²) in [5, 5.41) is 10.9. The van der Waals surface area contributed by atoms with Gasteiger partial charge in [-0.25, -0.2) is 4.79 Å². The highest BCUT2D eigenvalue weighted by atomic mass is 16.2. The van der Waals surface area contributed by atoms with E-state index in [1.165, 1.54) is 6.42 Å². The molecule has 0 fully saturated rings. The number of carbonyl (C=O) groups excluding carboxylic acids is 1. The maximum Gasteiger partial charge on any atom is 0.326 e. The molecule has 0 radical (unpaired) electrons. The number of carbonyl (C=O) groups is 1. The summed E-state index contributed by atoms with van der Waals surface area (Å²) in [6.07, 6.45) is 14.2. The number of fused-ring (bicyclic) bond motifs is 1. The summed E-state index contributed by atoms with van der Waals surface area (Å²) in [5.74, 6) is 0. The molecule has 2 aromatic rings. The predicted octanol–water partition coefficient (Wildman–Crippen LogP) is 3.49. The SMILES string of the molecule is C/C=C\C=C/c1cn(C(=O)NCCCNCCCCNCCCN)c2ccccc12. The van der Waals surface area contributed by atoms with E-state index in [0.29, 0.717) is 6.54 Å². The minimum Gasteiger partial charge on any atom is -0.337 e. The third-order valence-electron chi connectivity index (χ3n) is 4.86. The van der Waals surface area contributed by atoms with Gasteiger partial charge in [0.15, 0.2) is 0 Å². The van der Waals surface area contributed by atoms with Gasteiger partial charge < -0.3 is 21.7 Å². The minimum absolute atomic E-state index is 0.0829. The van der Waals surface area contributed by atoms with Gasteiger partial charge in [0.25, 0.3) is 0 Å². The average Bonchev–Trinajstić information content (AvgIpc) is 3.13. The predicted molar refractivity (Wildman–Crippen MR) is 128 cm³/mol. The van der Waals surface area contributed by atoms with E-state index in [-0.39, 0.29) is 6.03 Å². The van der Waals surface area contributed by atoms with Gasteiger partial charge in [-0.15, -0.1) is 0 Å². The highest BCUT2D eigenvalue weighted by Crippen LogP contribution is 2.22. The lowest BCUT2D eigenvalue weighted by molar-refractivity contribution is 0.243. The Hall–Kier alpha value is -2.41. The van der Waals surface area contributed by atoms with Crippen LogP contribution in [0.2, 0.25) is 0 Å². The molecule has 1 heterocycles. The number of hydrogen-bond donors (Lipinski definition) is 4. The van der Waals surface area contributed by atoms with Gasteiger partial charge in [-0.3, -0.25) is 4.57 Å². The fraction of sp³-hybridized carbons (Fsp3) is 0.458. The lowest BCUT2D eigenvalue weighted by atomic mass is 10.1. The maximum atomic E-state index is 12.7. The van der Waals surface area contributed by atoms with Gasteiger partial charge in [0.05, 0.1) is 5.52 Å². The van der Waals surface area contributed by atoms with Crippen LogP contribution in [0.25, 0.3) is 17.0 Å². The van der Waals surface area contributed by atoms with Crippen molar-refractivity contribution in [2.75, 3.05) is 39.3 Å². The summed E-state index contributed by atoms with van der Waals surface area (Å²) < 4.78 is 1.70. The van der Waals surface area contributed by atoms with Crippen molar-refractivity contribution >= 4 is 23.0 Å². The zero-order valence-electron chi connectivity index (χ0n) is 18.2. The molecule has 164 valence electrons. The largest absolute Gasteiger partial charge is 0.337 e. The Labute approximate surface area is 180 Å². The van der Waals surface area contributed by atoms with Gasteiger partial charge in [0.1, 0.15) is 0 Å². The highest BCUT2D eigenvalue weighted by Gasteiger charge is 2.11. The van der Waals surface area contributed by atoms with Gasteiger partial charge >= 0.3 is 6.03 Å². The topological polar surface area (TPSA) is 84.1 Å². The molecule has 0 unspecified atom stereocenters. The number of nitrogens with one attached hydrogen (secondary N) is 3. The lowest BCUT2D eigenvalue weighted by Crippen LogP contribution is -2.30. The molecule has 0 aliphatic heterocycles. The Kier molecular flexibility index (Phi) is 11.6. The molecule has 0 saturated carbocycles. The molecule has 0 aliphatic carbocycles. The van der Waals surface area contributed by atoms with Gasteiger partial charge in [0, 0.05) is 23.7 Å². The normalized spacial score (nSPS) is 11.8. The standard InChI is InChI=1S/C24H37N5O/c1-2-3-4-11-21-20-29(23-13-6-5-12-22(21)23)24(30)28-19-10-18-27-16-8-7-15-26-17-9-14-25/h2-6,11-13,20,26-27H,7-10,14-19,25H2,1H3,(H,28,30)/b3-2-,11-4-. The Bertz CT molecular complexity index is 809. The van der Waals surface area contributed by atoms with Crippen LogP contribution in [0.4, 0.5) is 4.79 Å². The summed E-state index contributed by atoms with van der Waals surface area (Å²) in [4.78, 5) is 12.7. The van der Waals surface area contributed by atoms with Crippen LogP contribution in [0.5, 0.6) is 0 Å². The zero-order chi connectivity index (χ0) is 21.4. The van der Waals surface area contributed by atoms with E-state index in [0.717, 1.165) is 68.5 Å². The second-order valence-electron chi connectivity index (χ2n) is 7.29. The van der Waals surface area contributed by atoms with Gasteiger partial charge in [-0.05, 0) is 71.4 Å². The van der Waals surface area contributed by atoms with Crippen LogP contribution in [0.1, 0.15) is 38.2 Å². The van der Waals surface area contributed by atoms with Crippen molar-refractivity contribution < 1.29 is 4.79 Å². The van der Waals surface area contributed by atoms with Crippen molar-refractivity contribution in [1.29, 1.82) is 0 Å². The number of unbranched alkanes of at least 4 members (excludes halogenated alkanes) is 1. The molecule has 6 heteroatoms. The molecule has 1 aromatic carbocycles. The quantitative estimate of drug-likeness (QED) is 0.283. The van der Waals surface area contributed by atoms with Crippen LogP contribution in [-0.2, 0) is 0 Å². The van der Waals surface area contributed by atoms with Gasteiger partial charge in [0.2, 0.25) is 0 Å². The molecule has 5 N–H and O–H groups in total. The molecule has 30 heavy (non-hydrogen) atoms. The Morgan fingerprint density at radius 3 is 2.40 bits per heavy atom. The van der Waals surface area contributed by atoms with Crippen molar-refractivity contribution in [2.45, 2.75) is 32.6 Å². The third-order valence-corrected chi connectivity index (χ3v) is 4.86. The molecular formula is C24H37N5O. The number of nitrogens with two attached hydrogens (primary N) is 1. The van der Waals surface area contributed by atoms with Gasteiger partial charge in [-0.2, -0.15) is 0 Å².